The van der Waals surface area contributed by atoms with Gasteiger partial charge in [-0.15, -0.1) is 11.3 Å². The zero-order valence-corrected chi connectivity index (χ0v) is 16.2. The van der Waals surface area contributed by atoms with Gasteiger partial charge in [0.15, 0.2) is 0 Å². The van der Waals surface area contributed by atoms with Crippen LogP contribution in [0.15, 0.2) is 4.79 Å². The molecular formula is C20H29N3OS. The lowest BCUT2D eigenvalue weighted by Crippen LogP contribution is -2.33. The first-order chi connectivity index (χ1) is 12.1. The molecule has 0 radical (unpaired) electrons. The molecule has 0 bridgehead atoms. The average molecular weight is 360 g/mol. The highest BCUT2D eigenvalue weighted by Crippen LogP contribution is 2.35. The van der Waals surface area contributed by atoms with Crippen LogP contribution in [0.4, 0.5) is 0 Å². The first kappa shape index (κ1) is 17.2. The highest BCUT2D eigenvalue weighted by molar-refractivity contribution is 7.18. The van der Waals surface area contributed by atoms with Crippen LogP contribution in [-0.4, -0.2) is 16.0 Å². The van der Waals surface area contributed by atoms with Crippen LogP contribution in [-0.2, 0) is 12.8 Å². The Morgan fingerprint density at radius 1 is 1.20 bits per heavy atom. The first-order valence-electron chi connectivity index (χ1n) is 9.92. The van der Waals surface area contributed by atoms with Crippen LogP contribution in [0.1, 0.15) is 81.1 Å². The van der Waals surface area contributed by atoms with E-state index in [-0.39, 0.29) is 11.6 Å². The third-order valence-electron chi connectivity index (χ3n) is 5.93. The number of hydrogen-bond acceptors (Lipinski definition) is 4. The van der Waals surface area contributed by atoms with E-state index in [2.05, 4.69) is 24.1 Å². The molecule has 4 rings (SSSR count). The molecule has 2 aliphatic rings. The van der Waals surface area contributed by atoms with E-state index in [1.54, 1.807) is 11.3 Å². The number of aromatic nitrogens is 2. The van der Waals surface area contributed by atoms with Crippen molar-refractivity contribution in [2.24, 2.45) is 5.92 Å². The van der Waals surface area contributed by atoms with Gasteiger partial charge < -0.3 is 10.3 Å². The summed E-state index contributed by atoms with van der Waals surface area (Å²) in [4.78, 5) is 23.0. The average Bonchev–Trinajstić information content (AvgIpc) is 2.75. The monoisotopic (exact) mass is 359 g/mol. The van der Waals surface area contributed by atoms with Gasteiger partial charge in [0.1, 0.15) is 10.7 Å². The Kier molecular flexibility index (Phi) is 4.96. The van der Waals surface area contributed by atoms with Gasteiger partial charge in [-0.25, -0.2) is 4.98 Å². The van der Waals surface area contributed by atoms with Gasteiger partial charge in [0.25, 0.3) is 5.56 Å². The fourth-order valence-electron chi connectivity index (χ4n) is 4.45. The molecule has 0 unspecified atom stereocenters. The second-order valence-electron chi connectivity index (χ2n) is 8.06. The Bertz CT molecular complexity index is 801. The first-order valence-corrected chi connectivity index (χ1v) is 10.7. The van der Waals surface area contributed by atoms with Crippen LogP contribution in [0.3, 0.4) is 0 Å². The molecule has 4 nitrogen and oxygen atoms in total. The molecule has 25 heavy (non-hydrogen) atoms. The quantitative estimate of drug-likeness (QED) is 0.794. The molecule has 2 atom stereocenters. The number of H-pyrrole nitrogens is 1. The van der Waals surface area contributed by atoms with Gasteiger partial charge in [-0.2, -0.15) is 0 Å². The zero-order chi connectivity index (χ0) is 17.4. The number of nitrogens with one attached hydrogen (secondary N) is 2. The topological polar surface area (TPSA) is 57.8 Å². The maximum atomic E-state index is 12.7. The Morgan fingerprint density at radius 3 is 2.72 bits per heavy atom. The highest BCUT2D eigenvalue weighted by atomic mass is 32.1. The van der Waals surface area contributed by atoms with Crippen LogP contribution in [0.5, 0.6) is 0 Å². The van der Waals surface area contributed by atoms with Crippen molar-refractivity contribution in [1.29, 1.82) is 0 Å². The van der Waals surface area contributed by atoms with E-state index in [9.17, 15) is 4.79 Å². The van der Waals surface area contributed by atoms with Gasteiger partial charge in [0, 0.05) is 10.9 Å². The Hall–Kier alpha value is -1.20. The van der Waals surface area contributed by atoms with E-state index in [1.165, 1.54) is 55.4 Å². The molecule has 2 aromatic heterocycles. The second kappa shape index (κ2) is 7.20. The van der Waals surface area contributed by atoms with Gasteiger partial charge in [0.2, 0.25) is 0 Å². The van der Waals surface area contributed by atoms with Crippen molar-refractivity contribution < 1.29 is 0 Å². The number of fused-ring (bicyclic) bond motifs is 3. The van der Waals surface area contributed by atoms with Crippen molar-refractivity contribution in [2.75, 3.05) is 0 Å². The van der Waals surface area contributed by atoms with Crippen LogP contribution < -0.4 is 10.9 Å². The molecule has 2 aliphatic carbocycles. The van der Waals surface area contributed by atoms with E-state index < -0.39 is 0 Å². The van der Waals surface area contributed by atoms with Gasteiger partial charge in [-0.1, -0.05) is 32.6 Å². The normalized spacial score (nSPS) is 23.4. The molecule has 1 fully saturated rings. The summed E-state index contributed by atoms with van der Waals surface area (Å²) in [5, 5.41) is 4.57. The minimum atomic E-state index is 0.0570. The van der Waals surface area contributed by atoms with E-state index in [0.29, 0.717) is 6.04 Å². The third-order valence-corrected chi connectivity index (χ3v) is 7.08. The number of aryl methyl sites for hydroxylation is 1. The lowest BCUT2D eigenvalue weighted by molar-refractivity contribution is 0.404. The van der Waals surface area contributed by atoms with Crippen molar-refractivity contribution in [3.05, 3.63) is 26.6 Å². The summed E-state index contributed by atoms with van der Waals surface area (Å²) in [6.07, 6.45) is 11.1. The van der Waals surface area contributed by atoms with Crippen LogP contribution in [0.25, 0.3) is 10.2 Å². The fraction of sp³-hybridized carbons (Fsp3) is 0.700. The summed E-state index contributed by atoms with van der Waals surface area (Å²) in [5.74, 6) is 1.52. The summed E-state index contributed by atoms with van der Waals surface area (Å²) in [5.41, 5.74) is 1.32. The largest absolute Gasteiger partial charge is 0.309 e. The zero-order valence-electron chi connectivity index (χ0n) is 15.4. The molecule has 2 N–H and O–H groups in total. The predicted octanol–water partition coefficient (Wildman–Crippen LogP) is 4.48. The maximum Gasteiger partial charge on any atom is 0.259 e. The molecule has 0 amide bonds. The van der Waals surface area contributed by atoms with Crippen molar-refractivity contribution in [2.45, 2.75) is 83.7 Å². The van der Waals surface area contributed by atoms with Crippen molar-refractivity contribution >= 4 is 21.6 Å². The van der Waals surface area contributed by atoms with Crippen LogP contribution >= 0.6 is 11.3 Å². The number of nitrogens with zero attached hydrogens (tertiary/aromatic N) is 1. The van der Waals surface area contributed by atoms with Crippen molar-refractivity contribution in [3.63, 3.8) is 0 Å². The Morgan fingerprint density at radius 2 is 1.96 bits per heavy atom. The number of hydrogen-bond donors (Lipinski definition) is 2. The summed E-state index contributed by atoms with van der Waals surface area (Å²) < 4.78 is 0. The van der Waals surface area contributed by atoms with Crippen molar-refractivity contribution in [3.8, 4) is 0 Å². The SMILES string of the molecule is C[C@@H]1CCc2c(sc3nc([C@H](C)NC4CCCCCC4)[nH]c(=O)c23)C1. The number of thiophene rings is 1. The summed E-state index contributed by atoms with van der Waals surface area (Å²) in [6.45, 7) is 4.43. The molecule has 0 saturated heterocycles. The van der Waals surface area contributed by atoms with E-state index in [1.807, 2.05) is 0 Å². The standard InChI is InChI=1S/C20H29N3OS/c1-12-9-10-15-16(11-12)25-20-17(15)19(24)22-18(23-20)13(2)21-14-7-5-3-4-6-8-14/h12-14,21H,3-11H2,1-2H3,(H,22,23,24)/t12-,13+/m1/s1. The lowest BCUT2D eigenvalue weighted by Gasteiger charge is -2.21. The third kappa shape index (κ3) is 3.54. The smallest absolute Gasteiger partial charge is 0.259 e. The minimum Gasteiger partial charge on any atom is -0.309 e. The molecule has 2 heterocycles. The van der Waals surface area contributed by atoms with Gasteiger partial charge in [0.05, 0.1) is 11.4 Å². The summed E-state index contributed by atoms with van der Waals surface area (Å²) >= 11 is 1.74. The Labute approximate surface area is 153 Å². The molecule has 2 aromatic rings. The molecular weight excluding hydrogens is 330 g/mol. The fourth-order valence-corrected chi connectivity index (χ4v) is 5.84. The molecule has 5 heteroatoms. The minimum absolute atomic E-state index is 0.0570. The Balaban J connectivity index is 1.61. The maximum absolute atomic E-state index is 12.7. The van der Waals surface area contributed by atoms with Crippen LogP contribution in [0, 0.1) is 5.92 Å². The number of aromatic amines is 1. The predicted molar refractivity (Wildman–Crippen MR) is 104 cm³/mol. The van der Waals surface area contributed by atoms with Gasteiger partial charge in [-0.05, 0) is 50.5 Å². The summed E-state index contributed by atoms with van der Waals surface area (Å²) in [6, 6.07) is 0.647. The summed E-state index contributed by atoms with van der Waals surface area (Å²) in [7, 11) is 0. The second-order valence-corrected chi connectivity index (χ2v) is 9.14. The molecule has 0 spiro atoms. The molecule has 1 saturated carbocycles. The van der Waals surface area contributed by atoms with Gasteiger partial charge in [-0.3, -0.25) is 4.79 Å². The van der Waals surface area contributed by atoms with E-state index >= 15 is 0 Å². The van der Waals surface area contributed by atoms with E-state index in [4.69, 9.17) is 4.98 Å². The molecule has 0 aromatic carbocycles. The molecule has 136 valence electrons. The van der Waals surface area contributed by atoms with Crippen LogP contribution in [0.2, 0.25) is 0 Å². The molecule has 0 aliphatic heterocycles. The lowest BCUT2D eigenvalue weighted by atomic mass is 9.89. The number of rotatable bonds is 3. The van der Waals surface area contributed by atoms with Crippen molar-refractivity contribution in [1.82, 2.24) is 15.3 Å². The highest BCUT2D eigenvalue weighted by Gasteiger charge is 2.24. The van der Waals surface area contributed by atoms with E-state index in [0.717, 1.165) is 34.8 Å². The van der Waals surface area contributed by atoms with Gasteiger partial charge >= 0.3 is 0 Å².